The van der Waals surface area contributed by atoms with E-state index in [0.717, 1.165) is 10.2 Å². The van der Waals surface area contributed by atoms with Crippen LogP contribution in [0.5, 0.6) is 5.75 Å². The van der Waals surface area contributed by atoms with Gasteiger partial charge in [0.2, 0.25) is 0 Å². The second-order valence-corrected chi connectivity index (χ2v) is 7.12. The van der Waals surface area contributed by atoms with Crippen molar-refractivity contribution in [1.82, 2.24) is 0 Å². The van der Waals surface area contributed by atoms with Crippen molar-refractivity contribution < 1.29 is 4.74 Å². The fourth-order valence-corrected chi connectivity index (χ4v) is 3.88. The molecule has 100 valence electrons. The maximum absolute atomic E-state index is 8.92. The third-order valence-corrected chi connectivity index (χ3v) is 5.19. The van der Waals surface area contributed by atoms with Crippen LogP contribution in [0.1, 0.15) is 20.3 Å². The Bertz CT molecular complexity index is 518. The molecule has 0 spiro atoms. The van der Waals surface area contributed by atoms with E-state index in [-0.39, 0.29) is 0 Å². The summed E-state index contributed by atoms with van der Waals surface area (Å²) in [4.78, 5) is 1.29. The van der Waals surface area contributed by atoms with E-state index in [2.05, 4.69) is 35.8 Å². The molecule has 1 aliphatic rings. The molecule has 2 nitrogen and oxygen atoms in total. The van der Waals surface area contributed by atoms with E-state index >= 15 is 0 Å². The van der Waals surface area contributed by atoms with Crippen LogP contribution < -0.4 is 4.74 Å². The van der Waals surface area contributed by atoms with E-state index in [1.807, 2.05) is 36.0 Å². The summed E-state index contributed by atoms with van der Waals surface area (Å²) in [6.45, 7) is 4.95. The van der Waals surface area contributed by atoms with E-state index in [1.165, 1.54) is 10.5 Å². The fraction of sp³-hybridized carbons (Fsp3) is 0.400. The lowest BCUT2D eigenvalue weighted by Gasteiger charge is -2.18. The monoisotopic (exact) mass is 337 g/mol. The predicted octanol–water partition coefficient (Wildman–Crippen LogP) is 4.77. The molecule has 2 unspecified atom stereocenters. The summed E-state index contributed by atoms with van der Waals surface area (Å²) in [6.07, 6.45) is 0.511. The van der Waals surface area contributed by atoms with Gasteiger partial charge in [0.1, 0.15) is 5.75 Å². The van der Waals surface area contributed by atoms with Gasteiger partial charge in [-0.15, -0.1) is 11.8 Å². The molecule has 4 heteroatoms. The first-order chi connectivity index (χ1) is 9.11. The van der Waals surface area contributed by atoms with E-state index < -0.39 is 0 Å². The molecule has 0 radical (unpaired) electrons. The lowest BCUT2D eigenvalue weighted by molar-refractivity contribution is 0.269. The van der Waals surface area contributed by atoms with Gasteiger partial charge in [0.05, 0.1) is 19.1 Å². The number of hydrogen-bond donors (Lipinski definition) is 0. The number of rotatable bonds is 4. The summed E-state index contributed by atoms with van der Waals surface area (Å²) in [5, 5.41) is 9.41. The minimum Gasteiger partial charge on any atom is -0.493 e. The molecular formula is C15H16BrNOS. The van der Waals surface area contributed by atoms with Gasteiger partial charge in [-0.1, -0.05) is 22.9 Å². The maximum Gasteiger partial charge on any atom is 0.119 e. The maximum atomic E-state index is 8.92. The molecule has 1 aromatic carbocycles. The topological polar surface area (TPSA) is 33.0 Å². The number of hydrogen-bond acceptors (Lipinski definition) is 3. The van der Waals surface area contributed by atoms with Crippen LogP contribution in [-0.2, 0) is 0 Å². The van der Waals surface area contributed by atoms with Crippen molar-refractivity contribution in [3.05, 3.63) is 39.2 Å². The Morgan fingerprint density at radius 3 is 2.68 bits per heavy atom. The number of allylic oxidation sites excluding steroid dienone is 1. The molecule has 2 atom stereocenters. The van der Waals surface area contributed by atoms with Crippen LogP contribution in [0.3, 0.4) is 0 Å². The molecule has 0 amide bonds. The molecule has 0 aromatic heterocycles. The molecule has 0 saturated heterocycles. The lowest BCUT2D eigenvalue weighted by Crippen LogP contribution is -2.20. The van der Waals surface area contributed by atoms with Crippen molar-refractivity contribution in [3.63, 3.8) is 0 Å². The zero-order valence-electron chi connectivity index (χ0n) is 11.0. The van der Waals surface area contributed by atoms with E-state index in [1.54, 1.807) is 0 Å². The van der Waals surface area contributed by atoms with Crippen molar-refractivity contribution >= 4 is 27.7 Å². The van der Waals surface area contributed by atoms with Gasteiger partial charge >= 0.3 is 0 Å². The Hall–Kier alpha value is -0.920. The Morgan fingerprint density at radius 1 is 1.37 bits per heavy atom. The predicted molar refractivity (Wildman–Crippen MR) is 83.1 cm³/mol. The molecule has 0 aliphatic carbocycles. The van der Waals surface area contributed by atoms with Crippen LogP contribution >= 0.6 is 27.7 Å². The second kappa shape index (κ2) is 6.49. The van der Waals surface area contributed by atoms with Gasteiger partial charge in [-0.3, -0.25) is 0 Å². The van der Waals surface area contributed by atoms with Crippen LogP contribution in [0.4, 0.5) is 0 Å². The lowest BCUT2D eigenvalue weighted by atomic mass is 9.95. The van der Waals surface area contributed by atoms with Gasteiger partial charge in [-0.25, -0.2) is 0 Å². The molecule has 1 aromatic rings. The molecule has 0 saturated carbocycles. The van der Waals surface area contributed by atoms with Gasteiger partial charge < -0.3 is 4.74 Å². The summed E-state index contributed by atoms with van der Waals surface area (Å²) >= 11 is 5.26. The van der Waals surface area contributed by atoms with Crippen LogP contribution in [-0.4, -0.2) is 11.9 Å². The first-order valence-electron chi connectivity index (χ1n) is 6.23. The zero-order chi connectivity index (χ0) is 13.8. The highest BCUT2D eigenvalue weighted by Crippen LogP contribution is 2.43. The van der Waals surface area contributed by atoms with Crippen LogP contribution in [0, 0.1) is 17.2 Å². The SMILES string of the molecule is CC1=C(CC#N)C(COc2ccc(Br)cc2)C(C)S1. The highest BCUT2D eigenvalue weighted by molar-refractivity contribution is 9.10. The average Bonchev–Trinajstić information content (AvgIpc) is 2.65. The van der Waals surface area contributed by atoms with E-state index in [4.69, 9.17) is 10.00 Å². The highest BCUT2D eigenvalue weighted by Gasteiger charge is 2.31. The van der Waals surface area contributed by atoms with Crippen molar-refractivity contribution in [2.24, 2.45) is 5.92 Å². The Balaban J connectivity index is 2.02. The number of thioether (sulfide) groups is 1. The van der Waals surface area contributed by atoms with Gasteiger partial charge in [0, 0.05) is 15.6 Å². The van der Waals surface area contributed by atoms with Crippen molar-refractivity contribution in [1.29, 1.82) is 5.26 Å². The largest absolute Gasteiger partial charge is 0.493 e. The summed E-state index contributed by atoms with van der Waals surface area (Å²) in [7, 11) is 0. The summed E-state index contributed by atoms with van der Waals surface area (Å²) in [5.41, 5.74) is 1.25. The van der Waals surface area contributed by atoms with Crippen LogP contribution in [0.25, 0.3) is 0 Å². The molecule has 1 heterocycles. The average molecular weight is 338 g/mol. The van der Waals surface area contributed by atoms with Gasteiger partial charge in [0.15, 0.2) is 0 Å². The Morgan fingerprint density at radius 2 is 2.05 bits per heavy atom. The number of nitriles is 1. The number of halogens is 1. The standard InChI is InChI=1S/C15H16BrNOS/c1-10-14(7-8-17)15(11(2)19-10)9-18-13-5-3-12(16)4-6-13/h3-6,11,15H,7,9H2,1-2H3. The van der Waals surface area contributed by atoms with Gasteiger partial charge in [-0.05, 0) is 41.7 Å². The van der Waals surface area contributed by atoms with Gasteiger partial charge in [0.25, 0.3) is 0 Å². The zero-order valence-corrected chi connectivity index (χ0v) is 13.4. The third-order valence-electron chi connectivity index (χ3n) is 3.34. The van der Waals surface area contributed by atoms with Crippen LogP contribution in [0.2, 0.25) is 0 Å². The first-order valence-corrected chi connectivity index (χ1v) is 7.90. The van der Waals surface area contributed by atoms with Gasteiger partial charge in [-0.2, -0.15) is 5.26 Å². The molecule has 1 aliphatic heterocycles. The molecule has 0 N–H and O–H groups in total. The highest BCUT2D eigenvalue weighted by atomic mass is 79.9. The Kier molecular flexibility index (Phi) is 4.95. The minimum atomic E-state index is 0.341. The smallest absolute Gasteiger partial charge is 0.119 e. The molecule has 0 fully saturated rings. The van der Waals surface area contributed by atoms with E-state index in [9.17, 15) is 0 Å². The van der Waals surface area contributed by atoms with E-state index in [0.29, 0.717) is 24.2 Å². The van der Waals surface area contributed by atoms with Crippen molar-refractivity contribution in [3.8, 4) is 11.8 Å². The molecular weight excluding hydrogens is 322 g/mol. The minimum absolute atomic E-state index is 0.341. The Labute approximate surface area is 127 Å². The normalized spacial score (nSPS) is 22.4. The van der Waals surface area contributed by atoms with Crippen LogP contribution in [0.15, 0.2) is 39.2 Å². The summed E-state index contributed by atoms with van der Waals surface area (Å²) < 4.78 is 6.91. The number of benzene rings is 1. The number of nitrogens with zero attached hydrogens (tertiary/aromatic N) is 1. The number of ether oxygens (including phenoxy) is 1. The molecule has 19 heavy (non-hydrogen) atoms. The fourth-order valence-electron chi connectivity index (χ4n) is 2.27. The summed E-state index contributed by atoms with van der Waals surface area (Å²) in [6, 6.07) is 10.1. The first kappa shape index (κ1) is 14.5. The third kappa shape index (κ3) is 3.55. The summed E-state index contributed by atoms with van der Waals surface area (Å²) in [5.74, 6) is 1.22. The van der Waals surface area contributed by atoms with Crippen molar-refractivity contribution in [2.45, 2.75) is 25.5 Å². The second-order valence-electron chi connectivity index (χ2n) is 4.61. The van der Waals surface area contributed by atoms with Crippen molar-refractivity contribution in [2.75, 3.05) is 6.61 Å². The molecule has 0 bridgehead atoms. The quantitative estimate of drug-likeness (QED) is 0.793. The molecule has 2 rings (SSSR count).